The topological polar surface area (TPSA) is 118 Å². The fraction of sp³-hybridized carbons (Fsp3) is 0.934. The van der Waals surface area contributed by atoms with E-state index < -0.39 is 0 Å². The number of hydrogen-bond donors (Lipinski definition) is 0. The molecule has 0 aliphatic heterocycles. The molecule has 0 spiro atoms. The highest BCUT2D eigenvalue weighted by Crippen LogP contribution is 2.14. The Morgan fingerprint density at radius 1 is 0.274 bits per heavy atom. The Labute approximate surface area is 451 Å². The molecule has 0 fully saturated rings. The number of ether oxygens (including phenoxy) is 4. The third-order valence-electron chi connectivity index (χ3n) is 14.4. The van der Waals surface area contributed by atoms with E-state index in [-0.39, 0.29) is 30.3 Å². The molecule has 0 radical (unpaired) electrons. The van der Waals surface area contributed by atoms with Crippen molar-refractivity contribution in [3.05, 3.63) is 0 Å². The maximum absolute atomic E-state index is 12.9. The number of methoxy groups -OCH3 is 1. The summed E-state index contributed by atoms with van der Waals surface area (Å²) >= 11 is 0. The average Bonchev–Trinajstić information content (AvgIpc) is 3.39. The summed E-state index contributed by atoms with van der Waals surface area (Å²) in [6.07, 6.45) is 42.0. The number of hydrogen-bond acceptors (Lipinski definition) is 12. The lowest BCUT2D eigenvalue weighted by atomic mass is 10.1. The lowest BCUT2D eigenvalue weighted by Crippen LogP contribution is -2.42. The summed E-state index contributed by atoms with van der Waals surface area (Å²) in [4.78, 5) is 60.0. The van der Waals surface area contributed by atoms with Crippen LogP contribution < -0.4 is 0 Å². The molecule has 0 atom stereocenters. The Bertz CT molecular complexity index is 1180. The van der Waals surface area contributed by atoms with Crippen molar-refractivity contribution in [2.75, 3.05) is 106 Å². The van der Waals surface area contributed by atoms with Gasteiger partial charge in [0.2, 0.25) is 0 Å². The van der Waals surface area contributed by atoms with Gasteiger partial charge in [-0.1, -0.05) is 214 Å². The van der Waals surface area contributed by atoms with E-state index in [1.807, 2.05) is 0 Å². The first-order chi connectivity index (χ1) is 35.7. The second-order valence-corrected chi connectivity index (χ2v) is 21.3. The van der Waals surface area contributed by atoms with Gasteiger partial charge in [0.15, 0.2) is 0 Å². The van der Waals surface area contributed by atoms with Crippen molar-refractivity contribution in [2.45, 2.75) is 265 Å². The average molecular weight is 1040 g/mol. The molecular formula is C61H120N4O8. The van der Waals surface area contributed by atoms with E-state index in [4.69, 9.17) is 18.9 Å². The van der Waals surface area contributed by atoms with Crippen LogP contribution >= 0.6 is 0 Å². The van der Waals surface area contributed by atoms with E-state index in [0.717, 1.165) is 97.2 Å². The summed E-state index contributed by atoms with van der Waals surface area (Å²) in [5.41, 5.74) is 0. The maximum Gasteiger partial charge on any atom is 0.307 e. The fourth-order valence-corrected chi connectivity index (χ4v) is 9.25. The molecule has 73 heavy (non-hydrogen) atoms. The molecule has 0 amide bonds. The van der Waals surface area contributed by atoms with Gasteiger partial charge in [0.25, 0.3) is 0 Å². The minimum atomic E-state index is -0.244. The molecule has 432 valence electrons. The van der Waals surface area contributed by atoms with Crippen LogP contribution in [0.2, 0.25) is 0 Å². The summed E-state index contributed by atoms with van der Waals surface area (Å²) in [6.45, 7) is 18.5. The van der Waals surface area contributed by atoms with Crippen LogP contribution in [-0.4, -0.2) is 149 Å². The van der Waals surface area contributed by atoms with Gasteiger partial charge in [-0.2, -0.15) is 0 Å². The SMILES string of the molecule is CCCCCCCCCCCCOC(=O)CCN(CCC(=O)OCCCCCCCCCCCC)CCN(C)CCN(CCCCC)CCN(CCC(=O)OC)CCC(=O)OCCCCCCCCCCCC. The number of carbonyl (C=O) groups excluding carboxylic acids is 4. The Hall–Kier alpha value is -2.28. The van der Waals surface area contributed by atoms with Gasteiger partial charge in [0.1, 0.15) is 0 Å². The van der Waals surface area contributed by atoms with Crippen molar-refractivity contribution < 1.29 is 38.1 Å². The smallest absolute Gasteiger partial charge is 0.307 e. The van der Waals surface area contributed by atoms with E-state index in [0.29, 0.717) is 65.3 Å². The van der Waals surface area contributed by atoms with Crippen LogP contribution in [0.5, 0.6) is 0 Å². The molecule has 0 saturated heterocycles. The third kappa shape index (κ3) is 51.6. The van der Waals surface area contributed by atoms with Crippen molar-refractivity contribution in [3.8, 4) is 0 Å². The first-order valence-corrected chi connectivity index (χ1v) is 31.1. The zero-order valence-electron chi connectivity index (χ0n) is 49.1. The largest absolute Gasteiger partial charge is 0.469 e. The molecule has 0 rings (SSSR count). The van der Waals surface area contributed by atoms with Crippen LogP contribution in [0, 0.1) is 0 Å². The van der Waals surface area contributed by atoms with Crippen LogP contribution in [0.4, 0.5) is 0 Å². The summed E-state index contributed by atoms with van der Waals surface area (Å²) in [5.74, 6) is -0.742. The normalized spacial score (nSPS) is 11.6. The van der Waals surface area contributed by atoms with Gasteiger partial charge in [-0.25, -0.2) is 0 Å². The summed E-state index contributed by atoms with van der Waals surface area (Å²) in [5, 5.41) is 0. The molecular weight excluding hydrogens is 917 g/mol. The molecule has 0 bridgehead atoms. The van der Waals surface area contributed by atoms with Gasteiger partial charge in [-0.15, -0.1) is 0 Å². The van der Waals surface area contributed by atoms with Gasteiger partial charge < -0.3 is 38.5 Å². The minimum absolute atomic E-state index is 0.164. The standard InChI is InChI=1S/C61H120N4O8/c1-7-11-15-18-21-24-27-30-33-37-55-71-59(67)41-46-64(47-42-60(68)72-56-38-34-31-28-25-22-19-16-12-8-2)52-50-62(5)49-51-63(44-36-14-10-4)53-54-65(45-40-58(66)70-6)48-43-61(69)73-57-39-35-32-29-26-23-20-17-13-9-3/h7-57H2,1-6H3. The van der Waals surface area contributed by atoms with Gasteiger partial charge in [0.05, 0.1) is 52.6 Å². The highest BCUT2D eigenvalue weighted by atomic mass is 16.5. The third-order valence-corrected chi connectivity index (χ3v) is 14.4. The van der Waals surface area contributed by atoms with E-state index >= 15 is 0 Å². The van der Waals surface area contributed by atoms with Gasteiger partial charge in [-0.05, 0) is 39.3 Å². The van der Waals surface area contributed by atoms with Gasteiger partial charge in [0, 0.05) is 65.4 Å². The molecule has 0 aliphatic carbocycles. The van der Waals surface area contributed by atoms with Gasteiger partial charge in [-0.3, -0.25) is 19.2 Å². The predicted molar refractivity (Wildman–Crippen MR) is 305 cm³/mol. The molecule has 0 saturated carbocycles. The molecule has 0 aromatic carbocycles. The molecule has 0 N–H and O–H groups in total. The number of nitrogens with zero attached hydrogens (tertiary/aromatic N) is 4. The van der Waals surface area contributed by atoms with E-state index in [1.54, 1.807) is 0 Å². The van der Waals surface area contributed by atoms with Crippen molar-refractivity contribution in [1.29, 1.82) is 0 Å². The number of unbranched alkanes of at least 4 members (excludes halogenated alkanes) is 29. The van der Waals surface area contributed by atoms with Crippen molar-refractivity contribution in [3.63, 3.8) is 0 Å². The molecule has 12 nitrogen and oxygen atoms in total. The van der Waals surface area contributed by atoms with Crippen LogP contribution in [-0.2, 0) is 38.1 Å². The van der Waals surface area contributed by atoms with Crippen LogP contribution in [0.3, 0.4) is 0 Å². The Morgan fingerprint density at radius 3 is 0.795 bits per heavy atom. The Kier molecular flexibility index (Phi) is 54.2. The van der Waals surface area contributed by atoms with E-state index in [9.17, 15) is 19.2 Å². The molecule has 0 aromatic heterocycles. The van der Waals surface area contributed by atoms with Crippen LogP contribution in [0.25, 0.3) is 0 Å². The van der Waals surface area contributed by atoms with E-state index in [2.05, 4.69) is 54.3 Å². The molecule has 0 aliphatic rings. The zero-order valence-corrected chi connectivity index (χ0v) is 49.1. The molecule has 0 aromatic rings. The molecule has 12 heteroatoms. The van der Waals surface area contributed by atoms with Crippen LogP contribution in [0.1, 0.15) is 265 Å². The first-order valence-electron chi connectivity index (χ1n) is 31.1. The highest BCUT2D eigenvalue weighted by Gasteiger charge is 2.17. The van der Waals surface area contributed by atoms with Crippen molar-refractivity contribution in [2.24, 2.45) is 0 Å². The van der Waals surface area contributed by atoms with Crippen LogP contribution in [0.15, 0.2) is 0 Å². The lowest BCUT2D eigenvalue weighted by molar-refractivity contribution is -0.145. The first kappa shape index (κ1) is 70.7. The fourth-order valence-electron chi connectivity index (χ4n) is 9.25. The Morgan fingerprint density at radius 2 is 0.507 bits per heavy atom. The Balaban J connectivity index is 5.14. The predicted octanol–water partition coefficient (Wildman–Crippen LogP) is 14.1. The monoisotopic (exact) mass is 1040 g/mol. The molecule has 0 unspecified atom stereocenters. The quantitative estimate of drug-likeness (QED) is 0.0328. The molecule has 0 heterocycles. The zero-order chi connectivity index (χ0) is 53.5. The summed E-state index contributed by atoms with van der Waals surface area (Å²) in [7, 11) is 3.57. The van der Waals surface area contributed by atoms with Crippen molar-refractivity contribution in [1.82, 2.24) is 19.6 Å². The lowest BCUT2D eigenvalue weighted by Gasteiger charge is -2.30. The van der Waals surface area contributed by atoms with Gasteiger partial charge >= 0.3 is 23.9 Å². The number of rotatable bonds is 58. The number of carbonyl (C=O) groups is 4. The second kappa shape index (κ2) is 55.9. The van der Waals surface area contributed by atoms with E-state index in [1.165, 1.54) is 168 Å². The number of likely N-dealkylation sites (N-methyl/N-ethyl adjacent to an activating group) is 1. The summed E-state index contributed by atoms with van der Waals surface area (Å²) in [6, 6.07) is 0. The number of esters is 4. The summed E-state index contributed by atoms with van der Waals surface area (Å²) < 4.78 is 21.9. The maximum atomic E-state index is 12.9. The minimum Gasteiger partial charge on any atom is -0.469 e. The highest BCUT2D eigenvalue weighted by molar-refractivity contribution is 5.70. The second-order valence-electron chi connectivity index (χ2n) is 21.3. The van der Waals surface area contributed by atoms with Crippen molar-refractivity contribution >= 4 is 23.9 Å².